The van der Waals surface area contributed by atoms with Crippen molar-refractivity contribution in [3.63, 3.8) is 0 Å². The Bertz CT molecular complexity index is 1020. The zero-order valence-electron chi connectivity index (χ0n) is 17.8. The van der Waals surface area contributed by atoms with E-state index in [2.05, 4.69) is 33.6 Å². The molecule has 1 aromatic heterocycles. The van der Waals surface area contributed by atoms with Gasteiger partial charge in [0.15, 0.2) is 5.96 Å². The van der Waals surface area contributed by atoms with E-state index in [1.165, 1.54) is 30.8 Å². The second-order valence-corrected chi connectivity index (χ2v) is 8.69. The Balaban J connectivity index is 1.36. The maximum Gasteiger partial charge on any atom is 0.198 e. The topological polar surface area (TPSA) is 88.9 Å². The minimum Gasteiger partial charge on any atom is -0.492 e. The minimum absolute atomic E-state index is 0.290. The number of hydrogen-bond donors (Lipinski definition) is 3. The number of likely N-dealkylation sites (tertiary alicyclic amines) is 1. The second-order valence-electron chi connectivity index (χ2n) is 7.75. The van der Waals surface area contributed by atoms with E-state index in [1.807, 2.05) is 42.5 Å². The monoisotopic (exact) mass is 435 g/mol. The van der Waals surface area contributed by atoms with Crippen LogP contribution < -0.4 is 21.5 Å². The van der Waals surface area contributed by atoms with Gasteiger partial charge in [0.05, 0.1) is 11.4 Å². The maximum absolute atomic E-state index is 6.24. The molecule has 0 radical (unpaired) electrons. The number of anilines is 2. The Morgan fingerprint density at radius 3 is 2.65 bits per heavy atom. The molecule has 0 aliphatic carbocycles. The number of nitrogens with zero attached hydrogens (tertiary/aromatic N) is 2. The van der Waals surface area contributed by atoms with Gasteiger partial charge in [-0.1, -0.05) is 6.07 Å². The molecule has 1 saturated heterocycles. The number of nitrogen functional groups attached to an aromatic ring is 1. The number of hydrogen-bond acceptors (Lipinski definition) is 5. The molecule has 0 unspecified atom stereocenters. The highest BCUT2D eigenvalue weighted by Gasteiger charge is 2.11. The molecule has 0 spiro atoms. The number of rotatable bonds is 7. The third-order valence-electron chi connectivity index (χ3n) is 5.40. The van der Waals surface area contributed by atoms with Crippen LogP contribution in [-0.2, 0) is 0 Å². The van der Waals surface area contributed by atoms with Crippen LogP contribution in [0.1, 0.15) is 18.4 Å². The molecule has 162 valence electrons. The van der Waals surface area contributed by atoms with Gasteiger partial charge in [-0.2, -0.15) is 0 Å². The first-order chi connectivity index (χ1) is 15.1. The fraction of sp³-hybridized carbons (Fsp3) is 0.292. The zero-order valence-corrected chi connectivity index (χ0v) is 18.6. The van der Waals surface area contributed by atoms with Crippen molar-refractivity contribution in [1.29, 1.82) is 0 Å². The Labute approximate surface area is 187 Å². The summed E-state index contributed by atoms with van der Waals surface area (Å²) in [6.45, 7) is 6.11. The van der Waals surface area contributed by atoms with E-state index in [4.69, 9.17) is 16.2 Å². The van der Waals surface area contributed by atoms with E-state index in [9.17, 15) is 0 Å². The Kier molecular flexibility index (Phi) is 6.74. The SMILES string of the molecule is Cc1cc(N=C(N)Nc2ccc(OCCN3CCCC3)cc2)c(N)cc1-c1cccs1. The lowest BCUT2D eigenvalue weighted by molar-refractivity contribution is 0.238. The molecule has 0 bridgehead atoms. The van der Waals surface area contributed by atoms with E-state index in [1.54, 1.807) is 11.3 Å². The number of nitrogens with one attached hydrogen (secondary N) is 1. The van der Waals surface area contributed by atoms with Gasteiger partial charge >= 0.3 is 0 Å². The largest absolute Gasteiger partial charge is 0.492 e. The molecule has 0 amide bonds. The minimum atomic E-state index is 0.290. The number of aliphatic imine (C=N–C) groups is 1. The van der Waals surface area contributed by atoms with Crippen LogP contribution in [0.15, 0.2) is 58.9 Å². The van der Waals surface area contributed by atoms with Crippen molar-refractivity contribution in [1.82, 2.24) is 4.90 Å². The van der Waals surface area contributed by atoms with Gasteiger partial charge in [0.25, 0.3) is 0 Å². The summed E-state index contributed by atoms with van der Waals surface area (Å²) in [5.74, 6) is 1.14. The second kappa shape index (κ2) is 9.85. The van der Waals surface area contributed by atoms with Gasteiger partial charge in [0.2, 0.25) is 0 Å². The number of ether oxygens (including phenoxy) is 1. The fourth-order valence-electron chi connectivity index (χ4n) is 3.74. The smallest absolute Gasteiger partial charge is 0.198 e. The summed E-state index contributed by atoms with van der Waals surface area (Å²) in [5, 5.41) is 5.18. The van der Waals surface area contributed by atoms with Crippen LogP contribution in [0.2, 0.25) is 0 Å². The molecule has 1 fully saturated rings. The average molecular weight is 436 g/mol. The van der Waals surface area contributed by atoms with Crippen molar-refractivity contribution < 1.29 is 4.74 Å². The van der Waals surface area contributed by atoms with Crippen LogP contribution in [-0.4, -0.2) is 37.1 Å². The molecule has 2 aromatic carbocycles. The van der Waals surface area contributed by atoms with E-state index >= 15 is 0 Å². The summed E-state index contributed by atoms with van der Waals surface area (Å²) in [4.78, 5) is 8.10. The first-order valence-corrected chi connectivity index (χ1v) is 11.5. The molecule has 31 heavy (non-hydrogen) atoms. The molecule has 1 aliphatic heterocycles. The molecule has 1 aliphatic rings. The van der Waals surface area contributed by atoms with Crippen LogP contribution in [0.3, 0.4) is 0 Å². The normalized spacial score (nSPS) is 14.7. The summed E-state index contributed by atoms with van der Waals surface area (Å²) in [7, 11) is 0. The van der Waals surface area contributed by atoms with Gasteiger partial charge in [-0.25, -0.2) is 4.99 Å². The van der Waals surface area contributed by atoms with Gasteiger partial charge in [-0.15, -0.1) is 11.3 Å². The number of aryl methyl sites for hydroxylation is 1. The standard InChI is InChI=1S/C24H29N5OS/c1-17-15-22(21(25)16-20(17)23-5-4-14-31-23)28-24(26)27-18-6-8-19(9-7-18)30-13-12-29-10-2-3-11-29/h4-9,14-16H,2-3,10-13,25H2,1H3,(H3,26,27,28). The summed E-state index contributed by atoms with van der Waals surface area (Å²) < 4.78 is 5.85. The lowest BCUT2D eigenvalue weighted by Gasteiger charge is -2.15. The summed E-state index contributed by atoms with van der Waals surface area (Å²) in [6.07, 6.45) is 2.60. The Morgan fingerprint density at radius 1 is 1.16 bits per heavy atom. The average Bonchev–Trinajstić information content (AvgIpc) is 3.46. The van der Waals surface area contributed by atoms with Gasteiger partial charge < -0.3 is 21.5 Å². The lowest BCUT2D eigenvalue weighted by Crippen LogP contribution is -2.25. The zero-order chi connectivity index (χ0) is 21.6. The van der Waals surface area contributed by atoms with Crippen molar-refractivity contribution in [3.05, 3.63) is 59.5 Å². The Hall–Kier alpha value is -3.03. The third kappa shape index (κ3) is 5.57. The van der Waals surface area contributed by atoms with Crippen LogP contribution >= 0.6 is 11.3 Å². The highest BCUT2D eigenvalue weighted by atomic mass is 32.1. The van der Waals surface area contributed by atoms with Gasteiger partial charge in [0, 0.05) is 17.1 Å². The van der Waals surface area contributed by atoms with E-state index in [0.717, 1.165) is 29.1 Å². The van der Waals surface area contributed by atoms with E-state index in [-0.39, 0.29) is 5.96 Å². The fourth-order valence-corrected chi connectivity index (χ4v) is 4.55. The highest BCUT2D eigenvalue weighted by Crippen LogP contribution is 2.34. The van der Waals surface area contributed by atoms with Gasteiger partial charge in [-0.3, -0.25) is 4.90 Å². The molecular formula is C24H29N5OS. The number of nitrogens with two attached hydrogens (primary N) is 2. The summed E-state index contributed by atoms with van der Waals surface area (Å²) in [6, 6.07) is 15.8. The molecule has 0 saturated carbocycles. The molecule has 7 heteroatoms. The van der Waals surface area contributed by atoms with Crippen molar-refractivity contribution in [2.75, 3.05) is 37.3 Å². The van der Waals surface area contributed by atoms with Crippen molar-refractivity contribution in [3.8, 4) is 16.2 Å². The van der Waals surface area contributed by atoms with Crippen molar-refractivity contribution in [2.45, 2.75) is 19.8 Å². The van der Waals surface area contributed by atoms with Crippen molar-refractivity contribution >= 4 is 34.4 Å². The van der Waals surface area contributed by atoms with E-state index < -0.39 is 0 Å². The highest BCUT2D eigenvalue weighted by molar-refractivity contribution is 7.13. The van der Waals surface area contributed by atoms with Crippen LogP contribution in [0, 0.1) is 6.92 Å². The quantitative estimate of drug-likeness (QED) is 0.281. The molecule has 6 nitrogen and oxygen atoms in total. The molecule has 5 N–H and O–H groups in total. The predicted octanol–water partition coefficient (Wildman–Crippen LogP) is 4.84. The third-order valence-corrected chi connectivity index (χ3v) is 6.31. The Morgan fingerprint density at radius 2 is 1.94 bits per heavy atom. The lowest BCUT2D eigenvalue weighted by atomic mass is 10.1. The van der Waals surface area contributed by atoms with Crippen LogP contribution in [0.25, 0.3) is 10.4 Å². The van der Waals surface area contributed by atoms with Crippen molar-refractivity contribution in [2.24, 2.45) is 10.7 Å². The van der Waals surface area contributed by atoms with Gasteiger partial charge in [-0.05, 0) is 91.8 Å². The first kappa shape index (κ1) is 21.2. The van der Waals surface area contributed by atoms with Crippen LogP contribution in [0.4, 0.5) is 17.1 Å². The molecule has 2 heterocycles. The van der Waals surface area contributed by atoms with Crippen LogP contribution in [0.5, 0.6) is 5.75 Å². The summed E-state index contributed by atoms with van der Waals surface area (Å²) >= 11 is 1.69. The van der Waals surface area contributed by atoms with E-state index in [0.29, 0.717) is 18.0 Å². The molecular weight excluding hydrogens is 406 g/mol. The van der Waals surface area contributed by atoms with Gasteiger partial charge in [0.1, 0.15) is 12.4 Å². The summed E-state index contributed by atoms with van der Waals surface area (Å²) in [5.41, 5.74) is 16.7. The molecule has 4 rings (SSSR count). The number of benzene rings is 2. The number of thiophene rings is 1. The molecule has 3 aromatic rings. The first-order valence-electron chi connectivity index (χ1n) is 10.6. The molecule has 0 atom stereocenters. The number of guanidine groups is 1. The maximum atomic E-state index is 6.24. The predicted molar refractivity (Wildman–Crippen MR) is 131 cm³/mol.